The number of rotatable bonds is 20. The second-order valence-corrected chi connectivity index (χ2v) is 10.8. The largest absolute Gasteiger partial charge is 0.598 e. The molecule has 35 heavy (non-hydrogen) atoms. The van der Waals surface area contributed by atoms with Crippen molar-refractivity contribution in [3.63, 3.8) is 0 Å². The van der Waals surface area contributed by atoms with E-state index in [-0.39, 0.29) is 13.0 Å². The van der Waals surface area contributed by atoms with Crippen LogP contribution in [0.15, 0.2) is 0 Å². The number of aliphatic hydroxyl groups is 6. The van der Waals surface area contributed by atoms with Crippen LogP contribution in [0.3, 0.4) is 0 Å². The summed E-state index contributed by atoms with van der Waals surface area (Å²) in [5.41, 5.74) is 0. The average Bonchev–Trinajstić information content (AvgIpc) is 2.86. The van der Waals surface area contributed by atoms with E-state index in [1.807, 2.05) is 0 Å². The van der Waals surface area contributed by atoms with E-state index in [9.17, 15) is 35.2 Å². The van der Waals surface area contributed by atoms with Crippen LogP contribution >= 0.6 is 0 Å². The number of aliphatic hydroxyl groups excluding tert-OH is 6. The van der Waals surface area contributed by atoms with Crippen molar-refractivity contribution in [3.8, 4) is 0 Å². The van der Waals surface area contributed by atoms with E-state index in [0.29, 0.717) is 5.75 Å². The first-order valence-corrected chi connectivity index (χ1v) is 14.5. The lowest BCUT2D eigenvalue weighted by Crippen LogP contribution is -2.60. The number of hydrogen-bond donors (Lipinski definition) is 7. The molecule has 0 aromatic carbocycles. The Morgan fingerprint density at radius 3 is 2.00 bits per heavy atom. The predicted molar refractivity (Wildman–Crippen MR) is 134 cm³/mol. The van der Waals surface area contributed by atoms with Crippen molar-refractivity contribution in [2.75, 3.05) is 19.0 Å². The molecule has 11 heteroatoms. The van der Waals surface area contributed by atoms with Crippen LogP contribution in [-0.4, -0.2) is 103 Å². The van der Waals surface area contributed by atoms with Crippen LogP contribution in [0.2, 0.25) is 0 Å². The van der Waals surface area contributed by atoms with Gasteiger partial charge in [-0.25, -0.2) is 0 Å². The summed E-state index contributed by atoms with van der Waals surface area (Å²) < 4.78 is 26.2. The van der Waals surface area contributed by atoms with Crippen molar-refractivity contribution in [1.82, 2.24) is 4.72 Å². The summed E-state index contributed by atoms with van der Waals surface area (Å²) in [6, 6.07) is -0.929. The average molecular weight is 528 g/mol. The highest BCUT2D eigenvalue weighted by atomic mass is 32.2. The number of hydrogen-bond acceptors (Lipinski definition) is 10. The monoisotopic (exact) mass is 527 g/mol. The molecule has 0 saturated carbocycles. The number of unbranched alkanes of at least 4 members (excludes halogenated alkanes) is 9. The molecule has 0 amide bonds. The van der Waals surface area contributed by atoms with Crippen molar-refractivity contribution in [1.29, 1.82) is 0 Å². The SMILES string of the molecule is CCCCCCCCCCCC[S+]([O-])N[C@@H](COC1OC(CO)C(O)C(O)C1O)[C@H](O)[C@H](O)CC. The van der Waals surface area contributed by atoms with Crippen LogP contribution in [0.1, 0.15) is 84.5 Å². The summed E-state index contributed by atoms with van der Waals surface area (Å²) in [6.07, 6.45) is 2.34. The topological polar surface area (TPSA) is 175 Å². The van der Waals surface area contributed by atoms with Crippen LogP contribution in [0, 0.1) is 0 Å². The van der Waals surface area contributed by atoms with E-state index in [0.717, 1.165) is 19.3 Å². The third-order valence-electron chi connectivity index (χ3n) is 6.48. The number of nitrogens with one attached hydrogen (secondary N) is 1. The number of ether oxygens (including phenoxy) is 2. The molecular formula is C24H49NO9S. The highest BCUT2D eigenvalue weighted by Crippen LogP contribution is 2.22. The Morgan fingerprint density at radius 1 is 0.886 bits per heavy atom. The van der Waals surface area contributed by atoms with Gasteiger partial charge in [0.25, 0.3) is 0 Å². The second-order valence-electron chi connectivity index (χ2n) is 9.45. The maximum Gasteiger partial charge on any atom is 0.186 e. The summed E-state index contributed by atoms with van der Waals surface area (Å²) in [7, 11) is 0. The van der Waals surface area contributed by atoms with Crippen molar-refractivity contribution in [3.05, 3.63) is 0 Å². The quantitative estimate of drug-likeness (QED) is 0.0871. The summed E-state index contributed by atoms with van der Waals surface area (Å²) >= 11 is -1.47. The lowest BCUT2D eigenvalue weighted by molar-refractivity contribution is -0.303. The summed E-state index contributed by atoms with van der Waals surface area (Å²) in [6.45, 7) is 3.03. The molecule has 1 aliphatic heterocycles. The summed E-state index contributed by atoms with van der Waals surface area (Å²) in [4.78, 5) is 0. The molecule has 0 aliphatic carbocycles. The second kappa shape index (κ2) is 19.1. The molecular weight excluding hydrogens is 478 g/mol. The van der Waals surface area contributed by atoms with Gasteiger partial charge in [0, 0.05) is 11.4 Å². The lowest BCUT2D eigenvalue weighted by atomic mass is 9.99. The predicted octanol–water partition coefficient (Wildman–Crippen LogP) is 0.478. The molecule has 0 aromatic rings. The van der Waals surface area contributed by atoms with E-state index in [1.54, 1.807) is 6.92 Å². The molecule has 1 aliphatic rings. The van der Waals surface area contributed by atoms with Gasteiger partial charge in [-0.1, -0.05) is 65.2 Å². The van der Waals surface area contributed by atoms with Crippen molar-refractivity contribution in [2.45, 2.75) is 133 Å². The highest BCUT2D eigenvalue weighted by molar-refractivity contribution is 7.89. The summed E-state index contributed by atoms with van der Waals surface area (Å²) in [5, 5.41) is 59.8. The molecule has 0 spiro atoms. The molecule has 6 unspecified atom stereocenters. The van der Waals surface area contributed by atoms with Crippen LogP contribution < -0.4 is 4.72 Å². The first-order valence-electron chi connectivity index (χ1n) is 13.2. The Morgan fingerprint density at radius 2 is 1.46 bits per heavy atom. The maximum absolute atomic E-state index is 12.6. The maximum atomic E-state index is 12.6. The molecule has 0 aromatic heterocycles. The molecule has 1 saturated heterocycles. The van der Waals surface area contributed by atoms with Crippen molar-refractivity contribution >= 4 is 11.4 Å². The fraction of sp³-hybridized carbons (Fsp3) is 1.00. The third kappa shape index (κ3) is 12.4. The van der Waals surface area contributed by atoms with E-state index in [4.69, 9.17) is 9.47 Å². The molecule has 9 atom stereocenters. The van der Waals surface area contributed by atoms with Gasteiger partial charge in [0.2, 0.25) is 0 Å². The van der Waals surface area contributed by atoms with Gasteiger partial charge in [-0.2, -0.15) is 0 Å². The Hall–Kier alpha value is -0.0500. The minimum atomic E-state index is -1.59. The van der Waals surface area contributed by atoms with Crippen molar-refractivity contribution in [2.24, 2.45) is 0 Å². The highest BCUT2D eigenvalue weighted by Gasteiger charge is 2.44. The van der Waals surface area contributed by atoms with Gasteiger partial charge in [0.15, 0.2) is 6.29 Å². The summed E-state index contributed by atoms with van der Waals surface area (Å²) in [5.74, 6) is 0.391. The van der Waals surface area contributed by atoms with Gasteiger partial charge >= 0.3 is 0 Å². The standard InChI is InChI=1S/C24H49NO9S/c1-3-5-6-7-8-9-10-11-12-13-14-35(32)25-17(20(28)18(27)4-2)16-33-24-23(31)22(30)21(29)19(15-26)34-24/h17-31H,3-16H2,1-2H3/t17-,18+,19?,20-,21?,22?,23?,24?,35?/m0/s1. The zero-order chi connectivity index (χ0) is 26.2. The van der Waals surface area contributed by atoms with E-state index < -0.39 is 66.9 Å². The first-order chi connectivity index (χ1) is 16.8. The fourth-order valence-corrected chi connectivity index (χ4v) is 5.19. The zero-order valence-corrected chi connectivity index (χ0v) is 22.2. The van der Waals surface area contributed by atoms with Gasteiger partial charge in [0.1, 0.15) is 42.3 Å². The van der Waals surface area contributed by atoms with E-state index in [1.165, 1.54) is 44.9 Å². The van der Waals surface area contributed by atoms with E-state index >= 15 is 0 Å². The molecule has 0 radical (unpaired) electrons. The Kier molecular flexibility index (Phi) is 18.0. The van der Waals surface area contributed by atoms with Crippen LogP contribution in [-0.2, 0) is 20.8 Å². The Labute approximate surface area is 213 Å². The van der Waals surface area contributed by atoms with Gasteiger partial charge < -0.3 is 44.7 Å². The molecule has 7 N–H and O–H groups in total. The third-order valence-corrected chi connectivity index (χ3v) is 7.70. The van der Waals surface area contributed by atoms with Crippen LogP contribution in [0.5, 0.6) is 0 Å². The van der Waals surface area contributed by atoms with Gasteiger partial charge in [0.05, 0.1) is 19.3 Å². The van der Waals surface area contributed by atoms with Crippen LogP contribution in [0.4, 0.5) is 0 Å². The molecule has 10 nitrogen and oxygen atoms in total. The molecule has 210 valence electrons. The molecule has 0 bridgehead atoms. The molecule has 1 fully saturated rings. The lowest BCUT2D eigenvalue weighted by Gasteiger charge is -2.40. The molecule has 1 rings (SSSR count). The smallest absolute Gasteiger partial charge is 0.186 e. The first kappa shape index (κ1) is 33.0. The van der Waals surface area contributed by atoms with Gasteiger partial charge in [-0.3, -0.25) is 0 Å². The minimum Gasteiger partial charge on any atom is -0.598 e. The zero-order valence-electron chi connectivity index (χ0n) is 21.3. The van der Waals surface area contributed by atoms with Gasteiger partial charge in [-0.15, -0.1) is 4.72 Å². The Bertz CT molecular complexity index is 519. The van der Waals surface area contributed by atoms with Crippen LogP contribution in [0.25, 0.3) is 0 Å². The molecule has 1 heterocycles. The van der Waals surface area contributed by atoms with Gasteiger partial charge in [-0.05, 0) is 19.3 Å². The fourth-order valence-electron chi connectivity index (χ4n) is 4.06. The Balaban J connectivity index is 2.45. The van der Waals surface area contributed by atoms with E-state index in [2.05, 4.69) is 11.6 Å². The normalized spacial score (nSPS) is 28.5. The minimum absolute atomic E-state index is 0.268. The van der Waals surface area contributed by atoms with Crippen molar-refractivity contribution < 1.29 is 44.7 Å².